The van der Waals surface area contributed by atoms with Gasteiger partial charge in [-0.25, -0.2) is 4.79 Å². The molecule has 0 unspecified atom stereocenters. The fourth-order valence-electron chi connectivity index (χ4n) is 3.47. The zero-order chi connectivity index (χ0) is 16.9. The van der Waals surface area contributed by atoms with E-state index in [2.05, 4.69) is 22.5 Å². The Hall–Kier alpha value is -1.30. The molecule has 0 spiro atoms. The van der Waals surface area contributed by atoms with Gasteiger partial charge in [-0.15, -0.1) is 0 Å². The molecule has 0 aliphatic carbocycles. The van der Waals surface area contributed by atoms with Crippen LogP contribution in [0.25, 0.3) is 0 Å². The molecule has 132 valence electrons. The minimum atomic E-state index is -0.0523. The number of hydrogen-bond acceptors (Lipinski definition) is 3. The minimum absolute atomic E-state index is 0.0523. The highest BCUT2D eigenvalue weighted by Gasteiger charge is 2.38. The Bertz CT molecular complexity index is 552. The molecule has 2 heterocycles. The summed E-state index contributed by atoms with van der Waals surface area (Å²) >= 11 is 5.96. The van der Waals surface area contributed by atoms with Crippen LogP contribution in [0, 0.1) is 0 Å². The zero-order valence-corrected chi connectivity index (χ0v) is 14.9. The number of hydrogen-bond donors (Lipinski definition) is 2. The van der Waals surface area contributed by atoms with Crippen molar-refractivity contribution in [2.75, 3.05) is 26.2 Å². The number of rotatable bonds is 5. The van der Waals surface area contributed by atoms with Gasteiger partial charge < -0.3 is 15.4 Å². The molecular formula is C18H26ClN3O2. The van der Waals surface area contributed by atoms with Gasteiger partial charge in [0.1, 0.15) is 0 Å². The fraction of sp³-hybridized carbons (Fsp3) is 0.611. The monoisotopic (exact) mass is 351 g/mol. The Kier molecular flexibility index (Phi) is 5.98. The summed E-state index contributed by atoms with van der Waals surface area (Å²) in [5.41, 5.74) is 1.16. The van der Waals surface area contributed by atoms with Crippen molar-refractivity contribution in [2.24, 2.45) is 0 Å². The van der Waals surface area contributed by atoms with Crippen LogP contribution >= 0.6 is 11.6 Å². The number of unbranched alkanes of at least 4 members (excludes halogenated alkanes) is 1. The van der Waals surface area contributed by atoms with Gasteiger partial charge in [0, 0.05) is 36.7 Å². The lowest BCUT2D eigenvalue weighted by molar-refractivity contribution is -0.0502. The molecule has 6 heteroatoms. The normalized spacial score (nSPS) is 26.8. The van der Waals surface area contributed by atoms with E-state index in [1.807, 2.05) is 24.3 Å². The Morgan fingerprint density at radius 3 is 2.88 bits per heavy atom. The maximum Gasteiger partial charge on any atom is 0.315 e. The van der Waals surface area contributed by atoms with Crippen LogP contribution in [0.1, 0.15) is 37.9 Å². The predicted molar refractivity (Wildman–Crippen MR) is 95.4 cm³/mol. The smallest absolute Gasteiger partial charge is 0.315 e. The second-order valence-corrected chi connectivity index (χ2v) is 7.10. The zero-order valence-electron chi connectivity index (χ0n) is 14.1. The molecule has 1 aromatic rings. The summed E-state index contributed by atoms with van der Waals surface area (Å²) < 4.78 is 6.04. The number of ether oxygens (including phenoxy) is 1. The fourth-order valence-corrected chi connectivity index (χ4v) is 3.60. The molecular weight excluding hydrogens is 326 g/mol. The number of halogens is 1. The van der Waals surface area contributed by atoms with Gasteiger partial charge in [0.15, 0.2) is 0 Å². The molecule has 2 aliphatic rings. The molecule has 5 nitrogen and oxygen atoms in total. The van der Waals surface area contributed by atoms with Gasteiger partial charge >= 0.3 is 6.03 Å². The third-order valence-corrected chi connectivity index (χ3v) is 5.06. The molecule has 2 fully saturated rings. The summed E-state index contributed by atoms with van der Waals surface area (Å²) in [6, 6.07) is 8.41. The van der Waals surface area contributed by atoms with Crippen LogP contribution in [0.4, 0.5) is 4.79 Å². The van der Waals surface area contributed by atoms with E-state index in [1.54, 1.807) is 0 Å². The lowest BCUT2D eigenvalue weighted by Crippen LogP contribution is -2.44. The van der Waals surface area contributed by atoms with E-state index in [9.17, 15) is 4.79 Å². The Morgan fingerprint density at radius 2 is 2.12 bits per heavy atom. The van der Waals surface area contributed by atoms with Crippen molar-refractivity contribution in [1.82, 2.24) is 15.5 Å². The van der Waals surface area contributed by atoms with E-state index >= 15 is 0 Å². The number of nitrogens with zero attached hydrogens (tertiary/aromatic N) is 1. The molecule has 3 rings (SSSR count). The summed E-state index contributed by atoms with van der Waals surface area (Å²) in [5, 5.41) is 6.75. The van der Waals surface area contributed by atoms with E-state index in [4.69, 9.17) is 16.3 Å². The molecule has 0 radical (unpaired) electrons. The second kappa shape index (κ2) is 8.19. The second-order valence-electron chi connectivity index (χ2n) is 6.67. The highest BCUT2D eigenvalue weighted by molar-refractivity contribution is 6.30. The van der Waals surface area contributed by atoms with Gasteiger partial charge in [-0.3, -0.25) is 4.90 Å². The first-order chi connectivity index (χ1) is 11.7. The molecule has 2 amide bonds. The van der Waals surface area contributed by atoms with E-state index in [1.165, 1.54) is 0 Å². The number of urea groups is 1. The number of carbonyl (C=O) groups excluding carboxylic acids is 1. The molecule has 24 heavy (non-hydrogen) atoms. The first-order valence-corrected chi connectivity index (χ1v) is 9.19. The lowest BCUT2D eigenvalue weighted by atomic mass is 10.1. The molecule has 0 saturated carbocycles. The van der Waals surface area contributed by atoms with Crippen molar-refractivity contribution >= 4 is 17.6 Å². The van der Waals surface area contributed by atoms with Crippen LogP contribution in [-0.4, -0.2) is 49.3 Å². The molecule has 2 aliphatic heterocycles. The maximum atomic E-state index is 11.9. The van der Waals surface area contributed by atoms with E-state index < -0.39 is 0 Å². The van der Waals surface area contributed by atoms with E-state index in [0.29, 0.717) is 12.6 Å². The van der Waals surface area contributed by atoms with Crippen LogP contribution in [0.3, 0.4) is 0 Å². The lowest BCUT2D eigenvalue weighted by Gasteiger charge is -2.35. The molecule has 1 aromatic carbocycles. The Labute approximate surface area is 148 Å². The number of morpholine rings is 1. The van der Waals surface area contributed by atoms with Crippen molar-refractivity contribution < 1.29 is 9.53 Å². The predicted octanol–water partition coefficient (Wildman–Crippen LogP) is 2.95. The molecule has 2 N–H and O–H groups in total. The summed E-state index contributed by atoms with van der Waals surface area (Å²) in [6.07, 6.45) is 3.14. The van der Waals surface area contributed by atoms with Gasteiger partial charge in [-0.2, -0.15) is 0 Å². The first kappa shape index (κ1) is 17.5. The van der Waals surface area contributed by atoms with Gasteiger partial charge in [-0.05, 0) is 30.5 Å². The average Bonchev–Trinajstić information content (AvgIpc) is 2.97. The summed E-state index contributed by atoms with van der Waals surface area (Å²) in [7, 11) is 0. The van der Waals surface area contributed by atoms with Crippen LogP contribution in [-0.2, 0) is 4.74 Å². The number of nitrogens with one attached hydrogen (secondary N) is 2. The van der Waals surface area contributed by atoms with Gasteiger partial charge in [0.25, 0.3) is 0 Å². The molecule has 3 atom stereocenters. The number of benzene rings is 1. The molecule has 0 bridgehead atoms. The van der Waals surface area contributed by atoms with Crippen LogP contribution in [0.5, 0.6) is 0 Å². The van der Waals surface area contributed by atoms with Gasteiger partial charge in [0.2, 0.25) is 0 Å². The van der Waals surface area contributed by atoms with Crippen LogP contribution in [0.2, 0.25) is 5.02 Å². The Balaban J connectivity index is 1.49. The topological polar surface area (TPSA) is 53.6 Å². The third kappa shape index (κ3) is 4.41. The van der Waals surface area contributed by atoms with Crippen LogP contribution < -0.4 is 10.6 Å². The third-order valence-electron chi connectivity index (χ3n) is 4.81. The molecule has 2 saturated heterocycles. The Morgan fingerprint density at radius 1 is 1.33 bits per heavy atom. The van der Waals surface area contributed by atoms with Gasteiger partial charge in [-0.1, -0.05) is 37.1 Å². The largest absolute Gasteiger partial charge is 0.371 e. The minimum Gasteiger partial charge on any atom is -0.371 e. The van der Waals surface area contributed by atoms with Crippen molar-refractivity contribution in [1.29, 1.82) is 0 Å². The van der Waals surface area contributed by atoms with Gasteiger partial charge in [0.05, 0.1) is 12.7 Å². The first-order valence-electron chi connectivity index (χ1n) is 8.81. The SMILES string of the molecule is CCCCNC(=O)N[C@@H]1C[C@H]2CO[C@@H](c3ccc(Cl)cc3)CN2C1. The summed E-state index contributed by atoms with van der Waals surface area (Å²) in [5.74, 6) is 0. The maximum absolute atomic E-state index is 11.9. The van der Waals surface area contributed by atoms with Crippen molar-refractivity contribution in [3.8, 4) is 0 Å². The highest BCUT2D eigenvalue weighted by atomic mass is 35.5. The summed E-state index contributed by atoms with van der Waals surface area (Å²) in [6.45, 7) is 5.32. The number of carbonyl (C=O) groups is 1. The van der Waals surface area contributed by atoms with E-state index in [0.717, 1.165) is 49.5 Å². The average molecular weight is 352 g/mol. The van der Waals surface area contributed by atoms with Crippen molar-refractivity contribution in [3.63, 3.8) is 0 Å². The van der Waals surface area contributed by atoms with Crippen molar-refractivity contribution in [3.05, 3.63) is 34.9 Å². The molecule has 0 aromatic heterocycles. The standard InChI is InChI=1S/C18H26ClN3O2/c1-2-3-8-20-18(23)21-15-9-16-12-24-17(11-22(16)10-15)13-4-6-14(19)7-5-13/h4-7,15-17H,2-3,8-12H2,1H3,(H2,20,21,23)/t15-,16+,17-/m1/s1. The highest BCUT2D eigenvalue weighted by Crippen LogP contribution is 2.30. The quantitative estimate of drug-likeness (QED) is 0.802. The number of amides is 2. The number of fused-ring (bicyclic) bond motifs is 1. The van der Waals surface area contributed by atoms with Crippen molar-refractivity contribution in [2.45, 2.75) is 44.4 Å². The van der Waals surface area contributed by atoms with Crippen LogP contribution in [0.15, 0.2) is 24.3 Å². The van der Waals surface area contributed by atoms with E-state index in [-0.39, 0.29) is 18.2 Å². The summed E-state index contributed by atoms with van der Waals surface area (Å²) in [4.78, 5) is 14.3.